The first-order chi connectivity index (χ1) is 13.7. The SMILES string of the molecule is CC(C)NS(=O)(=O)c1cccc(C(=O)Nc2ccc(Sc3nccn3C)cc2)c1. The van der Waals surface area contributed by atoms with Crippen LogP contribution in [0.25, 0.3) is 0 Å². The normalized spacial score (nSPS) is 11.6. The highest BCUT2D eigenvalue weighted by Crippen LogP contribution is 2.27. The fraction of sp³-hybridized carbons (Fsp3) is 0.200. The van der Waals surface area contributed by atoms with Crippen molar-refractivity contribution < 1.29 is 13.2 Å². The van der Waals surface area contributed by atoms with E-state index in [9.17, 15) is 13.2 Å². The van der Waals surface area contributed by atoms with Crippen molar-refractivity contribution in [3.05, 3.63) is 66.5 Å². The topological polar surface area (TPSA) is 93.1 Å². The molecule has 29 heavy (non-hydrogen) atoms. The Morgan fingerprint density at radius 2 is 1.86 bits per heavy atom. The number of nitrogens with one attached hydrogen (secondary N) is 2. The molecule has 0 saturated heterocycles. The molecule has 0 aliphatic carbocycles. The minimum atomic E-state index is -3.66. The van der Waals surface area contributed by atoms with Crippen LogP contribution in [0.5, 0.6) is 0 Å². The van der Waals surface area contributed by atoms with Crippen molar-refractivity contribution in [1.82, 2.24) is 14.3 Å². The third-order valence-corrected chi connectivity index (χ3v) is 6.64. The molecule has 2 N–H and O–H groups in total. The van der Waals surface area contributed by atoms with Gasteiger partial charge in [-0.05, 0) is 56.3 Å². The van der Waals surface area contributed by atoms with Crippen molar-refractivity contribution in [2.75, 3.05) is 5.32 Å². The number of aromatic nitrogens is 2. The third kappa shape index (κ3) is 5.47. The highest BCUT2D eigenvalue weighted by molar-refractivity contribution is 7.99. The Hall–Kier alpha value is -2.62. The lowest BCUT2D eigenvalue weighted by Gasteiger charge is -2.11. The molecule has 3 rings (SSSR count). The molecule has 152 valence electrons. The van der Waals surface area contributed by atoms with Crippen LogP contribution in [0.4, 0.5) is 5.69 Å². The number of sulfonamides is 1. The van der Waals surface area contributed by atoms with Gasteiger partial charge in [-0.15, -0.1) is 0 Å². The fourth-order valence-electron chi connectivity index (χ4n) is 2.55. The maximum Gasteiger partial charge on any atom is 0.255 e. The summed E-state index contributed by atoms with van der Waals surface area (Å²) >= 11 is 1.52. The van der Waals surface area contributed by atoms with Crippen LogP contribution in [0, 0.1) is 0 Å². The van der Waals surface area contributed by atoms with Gasteiger partial charge in [0.15, 0.2) is 5.16 Å². The zero-order valence-corrected chi connectivity index (χ0v) is 17.9. The van der Waals surface area contributed by atoms with E-state index in [1.54, 1.807) is 44.3 Å². The average molecular weight is 431 g/mol. The second kappa shape index (κ2) is 8.81. The Kier molecular flexibility index (Phi) is 6.41. The van der Waals surface area contributed by atoms with Gasteiger partial charge in [-0.3, -0.25) is 4.79 Å². The number of carbonyl (C=O) groups is 1. The molecule has 3 aromatic rings. The quantitative estimate of drug-likeness (QED) is 0.598. The van der Waals surface area contributed by atoms with Gasteiger partial charge >= 0.3 is 0 Å². The molecule has 0 bridgehead atoms. The summed E-state index contributed by atoms with van der Waals surface area (Å²) in [6.07, 6.45) is 3.61. The van der Waals surface area contributed by atoms with Gasteiger partial charge in [-0.25, -0.2) is 18.1 Å². The van der Waals surface area contributed by atoms with Gasteiger partial charge in [0.2, 0.25) is 10.0 Å². The zero-order chi connectivity index (χ0) is 21.0. The Bertz CT molecular complexity index is 1110. The first-order valence-electron chi connectivity index (χ1n) is 8.93. The number of aryl methyl sites for hydroxylation is 1. The molecule has 0 aliphatic heterocycles. The molecule has 2 aromatic carbocycles. The summed E-state index contributed by atoms with van der Waals surface area (Å²) in [5.74, 6) is -0.379. The molecular formula is C20H22N4O3S2. The maximum absolute atomic E-state index is 12.6. The molecule has 0 atom stereocenters. The van der Waals surface area contributed by atoms with E-state index in [0.717, 1.165) is 10.1 Å². The number of hydrogen-bond donors (Lipinski definition) is 2. The summed E-state index contributed by atoms with van der Waals surface area (Å²) in [6.45, 7) is 3.48. The molecule has 7 nitrogen and oxygen atoms in total. The van der Waals surface area contributed by atoms with Crippen molar-refractivity contribution in [2.45, 2.75) is 34.8 Å². The summed E-state index contributed by atoms with van der Waals surface area (Å²) in [7, 11) is -1.74. The maximum atomic E-state index is 12.6. The minimum Gasteiger partial charge on any atom is -0.329 e. The lowest BCUT2D eigenvalue weighted by Crippen LogP contribution is -2.30. The first-order valence-corrected chi connectivity index (χ1v) is 11.2. The van der Waals surface area contributed by atoms with Crippen molar-refractivity contribution in [3.8, 4) is 0 Å². The van der Waals surface area contributed by atoms with E-state index in [2.05, 4.69) is 15.0 Å². The van der Waals surface area contributed by atoms with E-state index in [1.165, 1.54) is 23.9 Å². The van der Waals surface area contributed by atoms with E-state index < -0.39 is 10.0 Å². The van der Waals surface area contributed by atoms with Crippen LogP contribution in [-0.2, 0) is 17.1 Å². The van der Waals surface area contributed by atoms with Gasteiger partial charge < -0.3 is 9.88 Å². The molecule has 1 amide bonds. The summed E-state index contributed by atoms with van der Waals surface area (Å²) in [6, 6.07) is 13.1. The average Bonchev–Trinajstić information content (AvgIpc) is 3.07. The van der Waals surface area contributed by atoms with Crippen molar-refractivity contribution >= 4 is 33.4 Å². The Labute approximate surface area is 174 Å². The fourth-order valence-corrected chi connectivity index (χ4v) is 4.65. The summed E-state index contributed by atoms with van der Waals surface area (Å²) in [4.78, 5) is 17.9. The van der Waals surface area contributed by atoms with Crippen molar-refractivity contribution in [1.29, 1.82) is 0 Å². The summed E-state index contributed by atoms with van der Waals surface area (Å²) in [5.41, 5.74) is 0.885. The molecular weight excluding hydrogens is 408 g/mol. The number of hydrogen-bond acceptors (Lipinski definition) is 5. The van der Waals surface area contributed by atoms with E-state index in [1.807, 2.05) is 29.9 Å². The zero-order valence-electron chi connectivity index (χ0n) is 16.3. The highest BCUT2D eigenvalue weighted by atomic mass is 32.2. The molecule has 0 saturated carbocycles. The second-order valence-corrected chi connectivity index (χ2v) is 9.46. The molecule has 0 fully saturated rings. The van der Waals surface area contributed by atoms with Gasteiger partial charge in [-0.1, -0.05) is 17.8 Å². The first kappa shape index (κ1) is 21.1. The van der Waals surface area contributed by atoms with E-state index >= 15 is 0 Å². The molecule has 9 heteroatoms. The van der Waals surface area contributed by atoms with Crippen LogP contribution in [-0.4, -0.2) is 29.9 Å². The van der Waals surface area contributed by atoms with Gasteiger partial charge in [0.1, 0.15) is 0 Å². The van der Waals surface area contributed by atoms with E-state index in [4.69, 9.17) is 0 Å². The number of benzene rings is 2. The van der Waals surface area contributed by atoms with Crippen molar-refractivity contribution in [2.24, 2.45) is 7.05 Å². The Morgan fingerprint density at radius 3 is 2.48 bits per heavy atom. The smallest absolute Gasteiger partial charge is 0.255 e. The van der Waals surface area contributed by atoms with Gasteiger partial charge in [0.25, 0.3) is 5.91 Å². The molecule has 0 spiro atoms. The number of imidazole rings is 1. The van der Waals surface area contributed by atoms with E-state index in [0.29, 0.717) is 5.69 Å². The van der Waals surface area contributed by atoms with Gasteiger partial charge in [-0.2, -0.15) is 0 Å². The van der Waals surface area contributed by atoms with Crippen LogP contribution < -0.4 is 10.0 Å². The lowest BCUT2D eigenvalue weighted by molar-refractivity contribution is 0.102. The number of carbonyl (C=O) groups excluding carboxylic acids is 1. The standard InChI is InChI=1S/C20H22N4O3S2/c1-14(2)23-29(26,27)18-6-4-5-15(13-18)19(25)22-16-7-9-17(10-8-16)28-20-21-11-12-24(20)3/h4-14,23H,1-3H3,(H,22,25). The largest absolute Gasteiger partial charge is 0.329 e. The predicted molar refractivity (Wildman–Crippen MR) is 114 cm³/mol. The van der Waals surface area contributed by atoms with E-state index in [-0.39, 0.29) is 22.4 Å². The van der Waals surface area contributed by atoms with Crippen molar-refractivity contribution in [3.63, 3.8) is 0 Å². The van der Waals surface area contributed by atoms with Gasteiger partial charge in [0, 0.05) is 41.6 Å². The van der Waals surface area contributed by atoms with Crippen LogP contribution in [0.2, 0.25) is 0 Å². The Balaban J connectivity index is 1.70. The number of anilines is 1. The predicted octanol–water partition coefficient (Wildman–Crippen LogP) is 3.51. The monoisotopic (exact) mass is 430 g/mol. The number of nitrogens with zero attached hydrogens (tertiary/aromatic N) is 2. The lowest BCUT2D eigenvalue weighted by atomic mass is 10.2. The van der Waals surface area contributed by atoms with Gasteiger partial charge in [0.05, 0.1) is 4.90 Å². The number of amides is 1. The van der Waals surface area contributed by atoms with Crippen LogP contribution in [0.15, 0.2) is 75.9 Å². The third-order valence-electron chi connectivity index (χ3n) is 3.90. The number of rotatable bonds is 7. The summed E-state index contributed by atoms with van der Waals surface area (Å²) < 4.78 is 29.1. The molecule has 0 radical (unpaired) electrons. The minimum absolute atomic E-state index is 0.0562. The van der Waals surface area contributed by atoms with Crippen LogP contribution >= 0.6 is 11.8 Å². The Morgan fingerprint density at radius 1 is 1.14 bits per heavy atom. The second-order valence-electron chi connectivity index (χ2n) is 6.71. The highest BCUT2D eigenvalue weighted by Gasteiger charge is 2.17. The van der Waals surface area contributed by atoms with Crippen LogP contribution in [0.1, 0.15) is 24.2 Å². The molecule has 0 unspecified atom stereocenters. The molecule has 1 aromatic heterocycles. The molecule has 0 aliphatic rings. The molecule has 1 heterocycles. The summed E-state index contributed by atoms with van der Waals surface area (Å²) in [5, 5.41) is 3.66. The van der Waals surface area contributed by atoms with Crippen LogP contribution in [0.3, 0.4) is 0 Å².